The molecule has 0 bridgehead atoms. The Labute approximate surface area is 137 Å². The minimum atomic E-state index is -0.126. The standard InChI is InChI=1S/C18H24N2O3/c1-13-5-3-4-6-15(13)12-17(21)20-9-7-19(8-10-20)16-11-14(2)23-18(16)22/h3-6,14,16H,7-12H2,1-2H3. The highest BCUT2D eigenvalue weighted by atomic mass is 16.6. The summed E-state index contributed by atoms with van der Waals surface area (Å²) in [4.78, 5) is 28.4. The van der Waals surface area contributed by atoms with Gasteiger partial charge in [0.05, 0.1) is 6.42 Å². The summed E-state index contributed by atoms with van der Waals surface area (Å²) < 4.78 is 5.23. The second kappa shape index (κ2) is 6.71. The molecular formula is C18H24N2O3. The number of ether oxygens (including phenoxy) is 1. The van der Waals surface area contributed by atoms with E-state index in [1.54, 1.807) is 0 Å². The van der Waals surface area contributed by atoms with Crippen LogP contribution in [0.4, 0.5) is 0 Å². The van der Waals surface area contributed by atoms with Gasteiger partial charge in [-0.2, -0.15) is 0 Å². The minimum Gasteiger partial charge on any atom is -0.461 e. The predicted octanol–water partition coefficient (Wildman–Crippen LogP) is 1.39. The van der Waals surface area contributed by atoms with Gasteiger partial charge in [-0.3, -0.25) is 14.5 Å². The van der Waals surface area contributed by atoms with E-state index in [9.17, 15) is 9.59 Å². The van der Waals surface area contributed by atoms with Crippen LogP contribution in [-0.2, 0) is 20.7 Å². The number of nitrogens with zero attached hydrogens (tertiary/aromatic N) is 2. The maximum atomic E-state index is 12.5. The van der Waals surface area contributed by atoms with Crippen molar-refractivity contribution in [1.29, 1.82) is 0 Å². The first-order valence-corrected chi connectivity index (χ1v) is 8.31. The summed E-state index contributed by atoms with van der Waals surface area (Å²) in [6.07, 6.45) is 1.22. The van der Waals surface area contributed by atoms with Crippen molar-refractivity contribution in [3.8, 4) is 0 Å². The van der Waals surface area contributed by atoms with Gasteiger partial charge >= 0.3 is 5.97 Å². The summed E-state index contributed by atoms with van der Waals surface area (Å²) >= 11 is 0. The second-order valence-electron chi connectivity index (χ2n) is 6.52. The number of piperazine rings is 1. The lowest BCUT2D eigenvalue weighted by atomic mass is 10.0. The van der Waals surface area contributed by atoms with E-state index in [-0.39, 0.29) is 24.0 Å². The number of hydrogen-bond donors (Lipinski definition) is 0. The molecule has 2 aliphatic heterocycles. The van der Waals surface area contributed by atoms with Gasteiger partial charge < -0.3 is 9.64 Å². The fourth-order valence-corrected chi connectivity index (χ4v) is 3.40. The van der Waals surface area contributed by atoms with Crippen molar-refractivity contribution in [2.24, 2.45) is 0 Å². The highest BCUT2D eigenvalue weighted by Crippen LogP contribution is 2.21. The lowest BCUT2D eigenvalue weighted by Gasteiger charge is -2.36. The molecule has 1 aromatic carbocycles. The Hall–Kier alpha value is -1.88. The average molecular weight is 316 g/mol. The molecule has 2 atom stereocenters. The molecule has 2 fully saturated rings. The lowest BCUT2D eigenvalue weighted by Crippen LogP contribution is -2.53. The Morgan fingerprint density at radius 2 is 1.91 bits per heavy atom. The molecule has 5 heteroatoms. The van der Waals surface area contributed by atoms with Crippen LogP contribution in [0.15, 0.2) is 24.3 Å². The van der Waals surface area contributed by atoms with Gasteiger partial charge in [-0.15, -0.1) is 0 Å². The SMILES string of the molecule is Cc1ccccc1CC(=O)N1CCN(C2CC(C)OC2=O)CC1. The van der Waals surface area contributed by atoms with E-state index in [1.807, 2.05) is 43.0 Å². The van der Waals surface area contributed by atoms with Crippen molar-refractivity contribution >= 4 is 11.9 Å². The maximum absolute atomic E-state index is 12.5. The minimum absolute atomic E-state index is 0.00761. The van der Waals surface area contributed by atoms with Crippen LogP contribution in [0.2, 0.25) is 0 Å². The topological polar surface area (TPSA) is 49.9 Å². The lowest BCUT2D eigenvalue weighted by molar-refractivity contribution is -0.145. The summed E-state index contributed by atoms with van der Waals surface area (Å²) in [6, 6.07) is 7.88. The Balaban J connectivity index is 1.54. The molecule has 2 heterocycles. The van der Waals surface area contributed by atoms with Crippen LogP contribution in [0.5, 0.6) is 0 Å². The normalized spacial score (nSPS) is 25.5. The van der Waals surface area contributed by atoms with Crippen LogP contribution in [0, 0.1) is 6.92 Å². The summed E-state index contributed by atoms with van der Waals surface area (Å²) in [5.74, 6) is 0.0542. The van der Waals surface area contributed by atoms with Gasteiger partial charge in [0.1, 0.15) is 12.1 Å². The largest absolute Gasteiger partial charge is 0.461 e. The van der Waals surface area contributed by atoms with Crippen molar-refractivity contribution in [1.82, 2.24) is 9.80 Å². The average Bonchev–Trinajstić information content (AvgIpc) is 2.88. The van der Waals surface area contributed by atoms with Gasteiger partial charge in [-0.25, -0.2) is 0 Å². The van der Waals surface area contributed by atoms with E-state index in [1.165, 1.54) is 0 Å². The number of rotatable bonds is 3. The number of carbonyl (C=O) groups excluding carboxylic acids is 2. The first kappa shape index (κ1) is 16.0. The van der Waals surface area contributed by atoms with Gasteiger partial charge in [0.25, 0.3) is 0 Å². The third-order valence-corrected chi connectivity index (χ3v) is 4.86. The molecule has 5 nitrogen and oxygen atoms in total. The van der Waals surface area contributed by atoms with Crippen LogP contribution in [0.25, 0.3) is 0 Å². The Morgan fingerprint density at radius 1 is 1.22 bits per heavy atom. The molecule has 2 unspecified atom stereocenters. The van der Waals surface area contributed by atoms with Crippen LogP contribution in [-0.4, -0.2) is 60.0 Å². The number of benzene rings is 1. The molecule has 0 saturated carbocycles. The zero-order valence-electron chi connectivity index (χ0n) is 13.8. The van der Waals surface area contributed by atoms with Crippen molar-refractivity contribution in [3.63, 3.8) is 0 Å². The fourth-order valence-electron chi connectivity index (χ4n) is 3.40. The quantitative estimate of drug-likeness (QED) is 0.791. The molecule has 0 aromatic heterocycles. The van der Waals surface area contributed by atoms with Gasteiger partial charge in [0.2, 0.25) is 5.91 Å². The van der Waals surface area contributed by atoms with Crippen LogP contribution >= 0.6 is 0 Å². The maximum Gasteiger partial charge on any atom is 0.323 e. The molecule has 3 rings (SSSR count). The monoisotopic (exact) mass is 316 g/mol. The molecule has 124 valence electrons. The van der Waals surface area contributed by atoms with Crippen molar-refractivity contribution < 1.29 is 14.3 Å². The third kappa shape index (κ3) is 3.55. The molecule has 23 heavy (non-hydrogen) atoms. The second-order valence-corrected chi connectivity index (χ2v) is 6.52. The summed E-state index contributed by atoms with van der Waals surface area (Å²) in [5, 5.41) is 0. The van der Waals surface area contributed by atoms with Gasteiger partial charge in [0, 0.05) is 32.6 Å². The molecule has 0 radical (unpaired) electrons. The van der Waals surface area contributed by atoms with E-state index in [4.69, 9.17) is 4.74 Å². The first-order valence-electron chi connectivity index (χ1n) is 8.31. The van der Waals surface area contributed by atoms with E-state index >= 15 is 0 Å². The van der Waals surface area contributed by atoms with Crippen LogP contribution in [0.3, 0.4) is 0 Å². The number of cyclic esters (lactones) is 1. The number of carbonyl (C=O) groups is 2. The molecule has 0 aliphatic carbocycles. The predicted molar refractivity (Wildman–Crippen MR) is 87.0 cm³/mol. The summed E-state index contributed by atoms with van der Waals surface area (Å²) in [6.45, 7) is 6.82. The molecule has 0 spiro atoms. The smallest absolute Gasteiger partial charge is 0.323 e. The Morgan fingerprint density at radius 3 is 2.52 bits per heavy atom. The van der Waals surface area contributed by atoms with Gasteiger partial charge in [-0.05, 0) is 25.0 Å². The number of esters is 1. The fraction of sp³-hybridized carbons (Fsp3) is 0.556. The van der Waals surface area contributed by atoms with Crippen LogP contribution in [0.1, 0.15) is 24.5 Å². The zero-order chi connectivity index (χ0) is 16.4. The number of aryl methyl sites for hydroxylation is 1. The highest BCUT2D eigenvalue weighted by molar-refractivity contribution is 5.80. The molecule has 1 amide bonds. The van der Waals surface area contributed by atoms with Gasteiger partial charge in [-0.1, -0.05) is 24.3 Å². The van der Waals surface area contributed by atoms with Crippen molar-refractivity contribution in [2.45, 2.75) is 38.8 Å². The molecule has 0 N–H and O–H groups in total. The Bertz CT molecular complexity index is 594. The van der Waals surface area contributed by atoms with E-state index < -0.39 is 0 Å². The molecular weight excluding hydrogens is 292 g/mol. The molecule has 1 aromatic rings. The van der Waals surface area contributed by atoms with E-state index in [2.05, 4.69) is 4.90 Å². The molecule has 2 saturated heterocycles. The number of hydrogen-bond acceptors (Lipinski definition) is 4. The number of amides is 1. The highest BCUT2D eigenvalue weighted by Gasteiger charge is 2.38. The zero-order valence-corrected chi connectivity index (χ0v) is 13.8. The van der Waals surface area contributed by atoms with E-state index in [0.29, 0.717) is 19.5 Å². The van der Waals surface area contributed by atoms with Crippen molar-refractivity contribution in [3.05, 3.63) is 35.4 Å². The van der Waals surface area contributed by atoms with Gasteiger partial charge in [0.15, 0.2) is 0 Å². The Kier molecular flexibility index (Phi) is 4.66. The van der Waals surface area contributed by atoms with Crippen molar-refractivity contribution in [2.75, 3.05) is 26.2 Å². The summed E-state index contributed by atoms with van der Waals surface area (Å²) in [5.41, 5.74) is 2.25. The van der Waals surface area contributed by atoms with Crippen LogP contribution < -0.4 is 0 Å². The first-order chi connectivity index (χ1) is 11.0. The molecule has 2 aliphatic rings. The third-order valence-electron chi connectivity index (χ3n) is 4.86. The van der Waals surface area contributed by atoms with E-state index in [0.717, 1.165) is 30.6 Å². The summed E-state index contributed by atoms with van der Waals surface area (Å²) in [7, 11) is 0.